The average molecular weight is 460 g/mol. The fourth-order valence-corrected chi connectivity index (χ4v) is 4.42. The number of nitrogens with one attached hydrogen (secondary N) is 2. The first-order chi connectivity index (χ1) is 16.6. The highest BCUT2D eigenvalue weighted by Gasteiger charge is 2.39. The van der Waals surface area contributed by atoms with Gasteiger partial charge in [0.15, 0.2) is 5.69 Å². The number of halogens is 2. The molecule has 0 fully saturated rings. The van der Waals surface area contributed by atoms with Crippen molar-refractivity contribution >= 4 is 16.8 Å². The fraction of sp³-hybridized carbons (Fsp3) is 0.167. The molecule has 170 valence electrons. The number of fused-ring (bicyclic) bond motifs is 2. The number of para-hydroxylation sites is 1. The number of H-pyrrole nitrogens is 2. The lowest BCUT2D eigenvalue weighted by Gasteiger charge is -2.34. The smallest absolute Gasteiger partial charge is 0.292 e. The van der Waals surface area contributed by atoms with Gasteiger partial charge in [-0.1, -0.05) is 24.3 Å². The van der Waals surface area contributed by atoms with Gasteiger partial charge in [0.25, 0.3) is 12.3 Å². The number of benzene rings is 1. The molecule has 5 heterocycles. The highest BCUT2D eigenvalue weighted by molar-refractivity contribution is 5.94. The Hall–Kier alpha value is -4.34. The van der Waals surface area contributed by atoms with E-state index in [0.717, 1.165) is 22.3 Å². The lowest BCUT2D eigenvalue weighted by Crippen LogP contribution is -2.41. The molecule has 34 heavy (non-hydrogen) atoms. The number of aromatic amines is 2. The van der Waals surface area contributed by atoms with Gasteiger partial charge in [-0.15, -0.1) is 0 Å². The Morgan fingerprint density at radius 2 is 2.00 bits per heavy atom. The number of hydrogen-bond acceptors (Lipinski definition) is 5. The molecule has 0 unspecified atom stereocenters. The molecular weight excluding hydrogens is 442 g/mol. The number of hydrogen-bond donors (Lipinski definition) is 2. The van der Waals surface area contributed by atoms with Crippen LogP contribution in [-0.2, 0) is 6.42 Å². The van der Waals surface area contributed by atoms with Crippen LogP contribution in [0, 0.1) is 0 Å². The van der Waals surface area contributed by atoms with E-state index in [9.17, 15) is 13.6 Å². The van der Waals surface area contributed by atoms with Crippen molar-refractivity contribution in [2.75, 3.05) is 6.54 Å². The van der Waals surface area contributed by atoms with Gasteiger partial charge in [-0.3, -0.25) is 9.78 Å². The number of alkyl halides is 2. The molecule has 1 atom stereocenters. The zero-order valence-electron chi connectivity index (χ0n) is 17.7. The molecule has 10 heteroatoms. The Morgan fingerprint density at radius 3 is 2.79 bits per heavy atom. The van der Waals surface area contributed by atoms with Gasteiger partial charge in [-0.2, -0.15) is 0 Å². The van der Waals surface area contributed by atoms with E-state index < -0.39 is 29.8 Å². The molecule has 1 aliphatic rings. The molecule has 6 rings (SSSR count). The number of imidazole rings is 1. The van der Waals surface area contributed by atoms with Crippen molar-refractivity contribution in [1.82, 2.24) is 29.8 Å². The van der Waals surface area contributed by atoms with Crippen molar-refractivity contribution in [3.63, 3.8) is 0 Å². The third-order valence-electron chi connectivity index (χ3n) is 5.97. The molecule has 0 saturated carbocycles. The first-order valence-corrected chi connectivity index (χ1v) is 10.7. The molecule has 8 nitrogen and oxygen atoms in total. The largest absolute Gasteiger partial charge is 0.429 e. The van der Waals surface area contributed by atoms with Crippen LogP contribution >= 0.6 is 0 Å². The van der Waals surface area contributed by atoms with E-state index in [0.29, 0.717) is 12.1 Å². The number of amides is 1. The number of pyridine rings is 1. The monoisotopic (exact) mass is 460 g/mol. The summed E-state index contributed by atoms with van der Waals surface area (Å²) in [7, 11) is 0. The topological polar surface area (TPSA) is 104 Å². The molecule has 0 aliphatic carbocycles. The normalized spacial score (nSPS) is 15.7. The minimum atomic E-state index is -2.99. The summed E-state index contributed by atoms with van der Waals surface area (Å²) in [5.74, 6) is -1.29. The highest BCUT2D eigenvalue weighted by Crippen LogP contribution is 2.37. The van der Waals surface area contributed by atoms with Crippen molar-refractivity contribution < 1.29 is 18.0 Å². The maximum Gasteiger partial charge on any atom is 0.292 e. The van der Waals surface area contributed by atoms with Gasteiger partial charge < -0.3 is 19.3 Å². The van der Waals surface area contributed by atoms with Gasteiger partial charge in [0, 0.05) is 36.1 Å². The summed E-state index contributed by atoms with van der Waals surface area (Å²) in [5.41, 5.74) is 2.75. The van der Waals surface area contributed by atoms with Gasteiger partial charge >= 0.3 is 0 Å². The minimum absolute atomic E-state index is 0.126. The third kappa shape index (κ3) is 3.26. The molecule has 0 saturated heterocycles. The number of carbonyl (C=O) groups excluding carboxylic acids is 1. The molecule has 2 N–H and O–H groups in total. The summed E-state index contributed by atoms with van der Waals surface area (Å²) in [6.45, 7) is 0.288. The van der Waals surface area contributed by atoms with E-state index in [4.69, 9.17) is 4.42 Å². The van der Waals surface area contributed by atoms with Crippen LogP contribution < -0.4 is 0 Å². The molecule has 1 aromatic carbocycles. The van der Waals surface area contributed by atoms with Gasteiger partial charge in [0.2, 0.25) is 11.7 Å². The summed E-state index contributed by atoms with van der Waals surface area (Å²) >= 11 is 0. The van der Waals surface area contributed by atoms with Gasteiger partial charge in [0.05, 0.1) is 12.0 Å². The van der Waals surface area contributed by atoms with E-state index in [1.54, 1.807) is 24.5 Å². The van der Waals surface area contributed by atoms with E-state index >= 15 is 0 Å². The first-order valence-electron chi connectivity index (χ1n) is 10.7. The quantitative estimate of drug-likeness (QED) is 0.406. The van der Waals surface area contributed by atoms with Crippen LogP contribution in [0.25, 0.3) is 22.5 Å². The van der Waals surface area contributed by atoms with Crippen LogP contribution in [0.1, 0.15) is 45.8 Å². The Labute approximate surface area is 191 Å². The summed E-state index contributed by atoms with van der Waals surface area (Å²) in [6, 6.07) is 14.0. The summed E-state index contributed by atoms with van der Waals surface area (Å²) in [6.07, 6.45) is 0.589. The van der Waals surface area contributed by atoms with Crippen LogP contribution in [0.3, 0.4) is 0 Å². The van der Waals surface area contributed by atoms with E-state index in [1.807, 2.05) is 30.3 Å². The van der Waals surface area contributed by atoms with Crippen LogP contribution in [0.5, 0.6) is 0 Å². The van der Waals surface area contributed by atoms with Crippen LogP contribution in [0.15, 0.2) is 65.5 Å². The summed E-state index contributed by atoms with van der Waals surface area (Å²) in [5, 5.41) is 0.970. The van der Waals surface area contributed by atoms with E-state index in [1.165, 1.54) is 11.1 Å². The van der Waals surface area contributed by atoms with E-state index in [2.05, 4.69) is 24.9 Å². The maximum atomic E-state index is 13.9. The zero-order valence-corrected chi connectivity index (χ0v) is 17.7. The van der Waals surface area contributed by atoms with Crippen molar-refractivity contribution in [2.45, 2.75) is 18.9 Å². The molecule has 1 aliphatic heterocycles. The maximum absolute atomic E-state index is 13.9. The lowest BCUT2D eigenvalue weighted by atomic mass is 9.99. The first kappa shape index (κ1) is 20.3. The Bertz CT molecular complexity index is 1460. The third-order valence-corrected chi connectivity index (χ3v) is 5.97. The van der Waals surface area contributed by atoms with Crippen molar-refractivity contribution in [2.24, 2.45) is 0 Å². The zero-order chi connectivity index (χ0) is 23.2. The van der Waals surface area contributed by atoms with Crippen molar-refractivity contribution in [1.29, 1.82) is 0 Å². The Morgan fingerprint density at radius 1 is 1.15 bits per heavy atom. The Balaban J connectivity index is 1.45. The molecular formula is C24H18F2N6O2. The molecule has 5 aromatic rings. The number of oxazole rings is 1. The predicted octanol–water partition coefficient (Wildman–Crippen LogP) is 4.67. The van der Waals surface area contributed by atoms with E-state index in [-0.39, 0.29) is 18.1 Å². The molecule has 0 radical (unpaired) electrons. The van der Waals surface area contributed by atoms with Gasteiger partial charge in [0.1, 0.15) is 11.7 Å². The SMILES string of the molecule is O=C(c1oc(-c2ccccn2)nc1C(F)F)N1CCc2[nH]cnc2[C@H]1c1cc2ccccc2[nH]1. The number of carbonyl (C=O) groups is 1. The van der Waals surface area contributed by atoms with Crippen LogP contribution in [0.2, 0.25) is 0 Å². The van der Waals surface area contributed by atoms with Crippen molar-refractivity contribution in [3.8, 4) is 11.6 Å². The summed E-state index contributed by atoms with van der Waals surface area (Å²) in [4.78, 5) is 34.1. The number of aromatic nitrogens is 5. The Kier molecular flexibility index (Phi) is 4.72. The highest BCUT2D eigenvalue weighted by atomic mass is 19.3. The molecule has 1 amide bonds. The minimum Gasteiger partial charge on any atom is -0.429 e. The van der Waals surface area contributed by atoms with Gasteiger partial charge in [-0.05, 0) is 29.7 Å². The molecule has 0 bridgehead atoms. The second kappa shape index (κ2) is 7.91. The summed E-state index contributed by atoms with van der Waals surface area (Å²) < 4.78 is 33.4. The van der Waals surface area contributed by atoms with Crippen molar-refractivity contribution in [3.05, 3.63) is 89.6 Å². The number of nitrogens with zero attached hydrogens (tertiary/aromatic N) is 4. The van der Waals surface area contributed by atoms with Crippen LogP contribution in [-0.4, -0.2) is 42.3 Å². The standard InChI is InChI=1S/C24H18F2N6O2/c25-22(26)19-21(34-23(31-19)16-7-3-4-9-27-16)24(33)32-10-8-15-18(29-12-28-15)20(32)17-11-13-5-1-2-6-14(13)30-17/h1-7,9,11-12,20,22,30H,8,10H2,(H,28,29)/t20-/m1/s1. The van der Waals surface area contributed by atoms with Gasteiger partial charge in [-0.25, -0.2) is 18.7 Å². The second-order valence-corrected chi connectivity index (χ2v) is 7.98. The molecule has 0 spiro atoms. The average Bonchev–Trinajstić information content (AvgIpc) is 3.61. The number of rotatable bonds is 4. The van der Waals surface area contributed by atoms with Crippen LogP contribution in [0.4, 0.5) is 8.78 Å². The molecule has 4 aromatic heterocycles. The predicted molar refractivity (Wildman–Crippen MR) is 118 cm³/mol. The second-order valence-electron chi connectivity index (χ2n) is 7.98. The lowest BCUT2D eigenvalue weighted by molar-refractivity contribution is 0.0640. The fourth-order valence-electron chi connectivity index (χ4n) is 4.42.